The second-order valence-corrected chi connectivity index (χ2v) is 23.8. The second kappa shape index (κ2) is 18.6. The number of benzene rings is 6. The molecule has 83 heavy (non-hydrogen) atoms. The van der Waals surface area contributed by atoms with Crippen LogP contribution >= 0.6 is 0 Å². The van der Waals surface area contributed by atoms with Crippen LogP contribution in [0.25, 0.3) is 83.6 Å². The Morgan fingerprint density at radius 3 is 2.19 bits per heavy atom. The first kappa shape index (κ1) is 48.4. The fourth-order valence-electron chi connectivity index (χ4n) is 14.7. The molecule has 0 bridgehead atoms. The van der Waals surface area contributed by atoms with Gasteiger partial charge in [-0.05, 0) is 163 Å². The van der Waals surface area contributed by atoms with Gasteiger partial charge in [0.05, 0.1) is 22.7 Å². The molecule has 7 unspecified atom stereocenters. The Balaban J connectivity index is 0.936. The van der Waals surface area contributed by atoms with E-state index in [1.807, 2.05) is 78.9 Å². The first-order chi connectivity index (χ1) is 40.8. The molecule has 4 aromatic heterocycles. The van der Waals surface area contributed by atoms with E-state index < -0.39 is 5.41 Å². The highest BCUT2D eigenvalue weighted by Crippen LogP contribution is 2.67. The van der Waals surface area contributed by atoms with Gasteiger partial charge < -0.3 is 28.3 Å². The van der Waals surface area contributed by atoms with Gasteiger partial charge in [-0.3, -0.25) is 0 Å². The summed E-state index contributed by atoms with van der Waals surface area (Å²) in [4.78, 5) is 15.6. The zero-order valence-electron chi connectivity index (χ0n) is 46.2. The third kappa shape index (κ3) is 7.74. The van der Waals surface area contributed by atoms with E-state index in [9.17, 15) is 0 Å². The smallest absolute Gasteiger partial charge is 0.227 e. The van der Waals surface area contributed by atoms with Crippen molar-refractivity contribution >= 4 is 55.3 Å². The van der Waals surface area contributed by atoms with E-state index in [0.717, 1.165) is 104 Å². The molecule has 10 aromatic rings. The van der Waals surface area contributed by atoms with Gasteiger partial charge in [0.25, 0.3) is 0 Å². The maximum Gasteiger partial charge on any atom is 0.227 e. The molecule has 0 saturated heterocycles. The standard InChI is InChI=1S/C74H59N5O4/c1-42(49-39-54(72-77-58-26-12-17-31-63(58)82-72)55-41-74(55,40-49)73-78-59-27-13-18-32-64(59)83-73)65-68-52(34-33-46-38-53(46)68)66(44-19-5-3-6-20-44)69(65)70-67(45-21-7-4-8-22-45)51-23-9-14-28-60(51)79(70)50-36-47(43(2)80-61-29-15-10-24-56(61)75)35-48(37-50)71-76-57-25-11-16-30-62(57)81-71/h3-5,7-19,21-28,30-37,39-40,42-43,46,53,55,61,65H,6,20,29,38,41,75H2,1-2H3/t42-,43?,46?,53?,55?,61?,65?,74?/m0/s1. The topological polar surface area (TPSA) is 118 Å². The van der Waals surface area contributed by atoms with Gasteiger partial charge in [0.15, 0.2) is 16.7 Å². The number of allylic oxidation sites excluding steroid dienone is 16. The lowest BCUT2D eigenvalue weighted by Gasteiger charge is -2.32. The summed E-state index contributed by atoms with van der Waals surface area (Å²) >= 11 is 0. The number of rotatable bonds is 12. The molecule has 0 amide bonds. The Morgan fingerprint density at radius 2 is 1.43 bits per heavy atom. The van der Waals surface area contributed by atoms with E-state index in [0.29, 0.717) is 30.0 Å². The molecule has 404 valence electrons. The quantitative estimate of drug-likeness (QED) is 0.129. The van der Waals surface area contributed by atoms with Gasteiger partial charge in [-0.1, -0.05) is 152 Å². The van der Waals surface area contributed by atoms with Gasteiger partial charge in [0, 0.05) is 45.3 Å². The predicted molar refractivity (Wildman–Crippen MR) is 329 cm³/mol. The van der Waals surface area contributed by atoms with Gasteiger partial charge in [-0.2, -0.15) is 0 Å². The molecule has 9 nitrogen and oxygen atoms in total. The van der Waals surface area contributed by atoms with Crippen molar-refractivity contribution in [1.82, 2.24) is 19.5 Å². The van der Waals surface area contributed by atoms with Crippen molar-refractivity contribution in [2.45, 2.75) is 63.6 Å². The summed E-state index contributed by atoms with van der Waals surface area (Å²) in [5, 5.41) is 1.17. The van der Waals surface area contributed by atoms with Crippen molar-refractivity contribution < 1.29 is 18.0 Å². The van der Waals surface area contributed by atoms with Crippen LogP contribution in [0.4, 0.5) is 0 Å². The Kier molecular flexibility index (Phi) is 10.9. The lowest BCUT2D eigenvalue weighted by molar-refractivity contribution is 0.0174. The van der Waals surface area contributed by atoms with Crippen molar-refractivity contribution in [3.63, 3.8) is 0 Å². The van der Waals surface area contributed by atoms with E-state index in [-0.39, 0.29) is 30.0 Å². The van der Waals surface area contributed by atoms with Crippen molar-refractivity contribution in [3.05, 3.63) is 263 Å². The fraction of sp³-hybridized carbons (Fsp3) is 0.203. The number of nitrogens with zero attached hydrogens (tertiary/aromatic N) is 4. The molecule has 8 atom stereocenters. The molecule has 9 heteroatoms. The lowest BCUT2D eigenvalue weighted by Crippen LogP contribution is -2.24. The fourth-order valence-corrected chi connectivity index (χ4v) is 14.7. The monoisotopic (exact) mass is 1080 g/mol. The molecule has 2 saturated carbocycles. The zero-order chi connectivity index (χ0) is 55.1. The molecule has 0 radical (unpaired) electrons. The van der Waals surface area contributed by atoms with Crippen LogP contribution in [0.15, 0.2) is 253 Å². The highest BCUT2D eigenvalue weighted by molar-refractivity contribution is 6.06. The molecular formula is C74H59N5O4. The Labute approximate surface area is 480 Å². The molecule has 2 fully saturated rings. The Morgan fingerprint density at radius 1 is 0.723 bits per heavy atom. The molecule has 17 rings (SSSR count). The van der Waals surface area contributed by atoms with Crippen LogP contribution < -0.4 is 5.73 Å². The number of hydrogen-bond acceptors (Lipinski definition) is 8. The van der Waals surface area contributed by atoms with E-state index >= 15 is 0 Å². The van der Waals surface area contributed by atoms with Crippen molar-refractivity contribution in [1.29, 1.82) is 0 Å². The Hall–Kier alpha value is -9.31. The maximum atomic E-state index is 6.97. The highest BCUT2D eigenvalue weighted by Gasteiger charge is 2.62. The third-order valence-corrected chi connectivity index (χ3v) is 18.9. The van der Waals surface area contributed by atoms with Crippen molar-refractivity contribution in [2.24, 2.45) is 35.3 Å². The third-order valence-electron chi connectivity index (χ3n) is 18.9. The molecule has 2 N–H and O–H groups in total. The predicted octanol–water partition coefficient (Wildman–Crippen LogP) is 17.4. The average Bonchev–Trinajstić information content (AvgIpc) is 1.72. The van der Waals surface area contributed by atoms with Crippen LogP contribution in [0.2, 0.25) is 0 Å². The lowest BCUT2D eigenvalue weighted by atomic mass is 9.72. The normalized spacial score (nSPS) is 24.0. The average molecular weight is 1080 g/mol. The molecule has 0 aliphatic heterocycles. The minimum absolute atomic E-state index is 0.0321. The minimum Gasteiger partial charge on any atom is -0.440 e. The number of aromatic nitrogens is 4. The maximum absolute atomic E-state index is 6.97. The summed E-state index contributed by atoms with van der Waals surface area (Å²) in [6.07, 6.45) is 27.0. The molecule has 0 spiro atoms. The largest absolute Gasteiger partial charge is 0.440 e. The van der Waals surface area contributed by atoms with E-state index in [4.69, 9.17) is 38.7 Å². The summed E-state index contributed by atoms with van der Waals surface area (Å²) < 4.78 is 29.8. The van der Waals surface area contributed by atoms with Gasteiger partial charge in [0.1, 0.15) is 22.7 Å². The molecule has 7 aliphatic carbocycles. The van der Waals surface area contributed by atoms with E-state index in [1.54, 1.807) is 5.57 Å². The van der Waals surface area contributed by atoms with Gasteiger partial charge in [0.2, 0.25) is 17.7 Å². The van der Waals surface area contributed by atoms with Crippen LogP contribution in [0, 0.1) is 29.6 Å². The molecular weight excluding hydrogens is 1020 g/mol. The Bertz CT molecular complexity index is 4580. The number of oxazole rings is 3. The van der Waals surface area contributed by atoms with Crippen LogP contribution in [0.1, 0.15) is 75.1 Å². The van der Waals surface area contributed by atoms with E-state index in [1.165, 1.54) is 44.5 Å². The van der Waals surface area contributed by atoms with Crippen molar-refractivity contribution in [3.8, 4) is 28.3 Å². The minimum atomic E-state index is -0.486. The zero-order valence-corrected chi connectivity index (χ0v) is 46.2. The molecule has 7 aliphatic rings. The van der Waals surface area contributed by atoms with E-state index in [2.05, 4.69) is 146 Å². The summed E-state index contributed by atoms with van der Waals surface area (Å²) in [6, 6.07) is 51.1. The number of fused-ring (bicyclic) bond motifs is 7. The SMILES string of the molecule is CC(OC1CC=CC=C1N)c1cc(-c2nc3ccccc3o2)cc(-n2c(C3=C(C4=CC=CCC4)C4=C(C5CC5C=C4)C3[C@@H](C)C3=CC4(c5nc6ccccc6o5)CC4C(c4nc5ccccc5o4)=C3)c(-c3ccccc3)c3ccccc32)c1. The summed E-state index contributed by atoms with van der Waals surface area (Å²) in [5.74, 6) is 2.87. The van der Waals surface area contributed by atoms with Crippen LogP contribution in [0.5, 0.6) is 0 Å². The molecule has 4 heterocycles. The number of para-hydroxylation sites is 7. The van der Waals surface area contributed by atoms with Crippen LogP contribution in [-0.4, -0.2) is 25.6 Å². The van der Waals surface area contributed by atoms with Gasteiger partial charge >= 0.3 is 0 Å². The van der Waals surface area contributed by atoms with Crippen molar-refractivity contribution in [2.75, 3.05) is 0 Å². The first-order valence-electron chi connectivity index (χ1n) is 29.5. The summed E-state index contributed by atoms with van der Waals surface area (Å²) in [6.45, 7) is 4.62. The van der Waals surface area contributed by atoms with Crippen LogP contribution in [-0.2, 0) is 10.2 Å². The summed E-state index contributed by atoms with van der Waals surface area (Å²) in [7, 11) is 0. The first-order valence-corrected chi connectivity index (χ1v) is 29.5. The molecule has 6 aromatic carbocycles. The summed E-state index contributed by atoms with van der Waals surface area (Å²) in [5.41, 5.74) is 28.5. The van der Waals surface area contributed by atoms with Crippen LogP contribution in [0.3, 0.4) is 0 Å². The highest BCUT2D eigenvalue weighted by atomic mass is 16.5. The van der Waals surface area contributed by atoms with Gasteiger partial charge in [-0.25, -0.2) is 15.0 Å². The number of nitrogens with two attached hydrogens (primary N) is 1. The number of hydrogen-bond donors (Lipinski definition) is 1. The number of ether oxygens (including phenoxy) is 1. The van der Waals surface area contributed by atoms with Gasteiger partial charge in [-0.15, -0.1) is 0 Å². The second-order valence-electron chi connectivity index (χ2n) is 23.8.